The van der Waals surface area contributed by atoms with Gasteiger partial charge in [-0.3, -0.25) is 0 Å². The van der Waals surface area contributed by atoms with Crippen LogP contribution in [0.15, 0.2) is 43.0 Å². The highest BCUT2D eigenvalue weighted by Gasteiger charge is 2.26. The summed E-state index contributed by atoms with van der Waals surface area (Å²) in [5.74, 6) is 0.0789. The van der Waals surface area contributed by atoms with E-state index < -0.39 is 17.7 Å². The summed E-state index contributed by atoms with van der Waals surface area (Å²) in [6.07, 6.45) is -1.38. The van der Waals surface area contributed by atoms with Gasteiger partial charge >= 0.3 is 5.97 Å². The number of aliphatic hydroxyl groups is 1. The van der Waals surface area contributed by atoms with Crippen molar-refractivity contribution in [2.24, 2.45) is 0 Å². The molecule has 0 aromatic heterocycles. The minimum atomic E-state index is -1.38. The summed E-state index contributed by atoms with van der Waals surface area (Å²) in [6, 6.07) is 11.3. The number of benzene rings is 2. The Labute approximate surface area is 136 Å². The van der Waals surface area contributed by atoms with Crippen LogP contribution >= 0.6 is 0 Å². The SMILES string of the molecule is C=C(c1ccc2cc(OC)ccc2c1)C(O)C(=O)OC(C)(C)C. The second kappa shape index (κ2) is 6.42. The summed E-state index contributed by atoms with van der Waals surface area (Å²) in [7, 11) is 1.62. The maximum Gasteiger partial charge on any atom is 0.340 e. The number of fused-ring (bicyclic) bond motifs is 1. The average Bonchev–Trinajstić information content (AvgIpc) is 2.50. The molecule has 1 atom stereocenters. The van der Waals surface area contributed by atoms with Gasteiger partial charge < -0.3 is 14.6 Å². The number of rotatable bonds is 4. The lowest BCUT2D eigenvalue weighted by atomic mass is 9.98. The van der Waals surface area contributed by atoms with Crippen LogP contribution < -0.4 is 4.74 Å². The quantitative estimate of drug-likeness (QED) is 0.877. The van der Waals surface area contributed by atoms with Crippen LogP contribution in [0.25, 0.3) is 16.3 Å². The zero-order valence-electron chi connectivity index (χ0n) is 13.9. The van der Waals surface area contributed by atoms with E-state index in [4.69, 9.17) is 9.47 Å². The molecule has 4 nitrogen and oxygen atoms in total. The van der Waals surface area contributed by atoms with E-state index in [-0.39, 0.29) is 0 Å². The first-order valence-electron chi connectivity index (χ1n) is 7.39. The average molecular weight is 314 g/mol. The molecule has 4 heteroatoms. The summed E-state index contributed by atoms with van der Waals surface area (Å²) < 4.78 is 10.4. The van der Waals surface area contributed by atoms with Crippen LogP contribution in [0, 0.1) is 0 Å². The van der Waals surface area contributed by atoms with Gasteiger partial charge in [0.1, 0.15) is 11.4 Å². The molecule has 0 heterocycles. The molecule has 0 aliphatic rings. The lowest BCUT2D eigenvalue weighted by Crippen LogP contribution is -2.32. The third-order valence-corrected chi connectivity index (χ3v) is 3.38. The molecule has 0 aliphatic carbocycles. The van der Waals surface area contributed by atoms with E-state index in [2.05, 4.69) is 6.58 Å². The largest absolute Gasteiger partial charge is 0.497 e. The summed E-state index contributed by atoms with van der Waals surface area (Å²) in [4.78, 5) is 12.0. The van der Waals surface area contributed by atoms with E-state index >= 15 is 0 Å². The molecule has 2 aromatic rings. The van der Waals surface area contributed by atoms with E-state index in [9.17, 15) is 9.90 Å². The first kappa shape index (κ1) is 17.0. The molecule has 0 saturated carbocycles. The smallest absolute Gasteiger partial charge is 0.340 e. The van der Waals surface area contributed by atoms with E-state index in [1.165, 1.54) is 0 Å². The third kappa shape index (κ3) is 4.11. The van der Waals surface area contributed by atoms with Crippen molar-refractivity contribution in [3.8, 4) is 5.75 Å². The number of carbonyl (C=O) groups is 1. The molecule has 23 heavy (non-hydrogen) atoms. The molecule has 2 aromatic carbocycles. The van der Waals surface area contributed by atoms with Crippen molar-refractivity contribution >= 4 is 22.3 Å². The molecular weight excluding hydrogens is 292 g/mol. The summed E-state index contributed by atoms with van der Waals surface area (Å²) in [5, 5.41) is 12.1. The lowest BCUT2D eigenvalue weighted by molar-refractivity contribution is -0.161. The first-order valence-corrected chi connectivity index (χ1v) is 7.39. The van der Waals surface area contributed by atoms with Crippen molar-refractivity contribution in [1.29, 1.82) is 0 Å². The first-order chi connectivity index (χ1) is 10.7. The molecule has 2 rings (SSSR count). The van der Waals surface area contributed by atoms with Crippen LogP contribution in [0.3, 0.4) is 0 Å². The van der Waals surface area contributed by atoms with E-state index in [1.807, 2.05) is 36.4 Å². The minimum Gasteiger partial charge on any atom is -0.497 e. The fourth-order valence-corrected chi connectivity index (χ4v) is 2.21. The normalized spacial score (nSPS) is 12.7. The van der Waals surface area contributed by atoms with Crippen LogP contribution in [-0.4, -0.2) is 29.9 Å². The summed E-state index contributed by atoms with van der Waals surface area (Å²) >= 11 is 0. The van der Waals surface area contributed by atoms with Crippen LogP contribution in [0.4, 0.5) is 0 Å². The Morgan fingerprint density at radius 2 is 1.74 bits per heavy atom. The van der Waals surface area contributed by atoms with Crippen LogP contribution in [-0.2, 0) is 9.53 Å². The number of esters is 1. The van der Waals surface area contributed by atoms with Gasteiger partial charge in [-0.1, -0.05) is 24.8 Å². The topological polar surface area (TPSA) is 55.8 Å². The molecular formula is C19H22O4. The number of ether oxygens (including phenoxy) is 2. The molecule has 0 bridgehead atoms. The van der Waals surface area contributed by atoms with E-state index in [0.29, 0.717) is 11.1 Å². The highest BCUT2D eigenvalue weighted by atomic mass is 16.6. The second-order valence-corrected chi connectivity index (χ2v) is 6.39. The molecule has 0 radical (unpaired) electrons. The molecule has 122 valence electrons. The Bertz CT molecular complexity index is 741. The molecule has 0 amide bonds. The fourth-order valence-electron chi connectivity index (χ4n) is 2.21. The van der Waals surface area contributed by atoms with Gasteiger partial charge in [-0.2, -0.15) is 0 Å². The number of carbonyl (C=O) groups excluding carboxylic acids is 1. The van der Waals surface area contributed by atoms with Crippen molar-refractivity contribution in [3.63, 3.8) is 0 Å². The van der Waals surface area contributed by atoms with Gasteiger partial charge in [0.25, 0.3) is 0 Å². The maximum atomic E-state index is 12.0. The highest BCUT2D eigenvalue weighted by Crippen LogP contribution is 2.26. The van der Waals surface area contributed by atoms with Crippen molar-refractivity contribution < 1.29 is 19.4 Å². The van der Waals surface area contributed by atoms with Gasteiger partial charge in [0.15, 0.2) is 6.10 Å². The van der Waals surface area contributed by atoms with E-state index in [0.717, 1.165) is 16.5 Å². The minimum absolute atomic E-state index is 0.317. The van der Waals surface area contributed by atoms with Crippen molar-refractivity contribution in [2.75, 3.05) is 7.11 Å². The Balaban J connectivity index is 2.25. The maximum absolute atomic E-state index is 12.0. The zero-order valence-corrected chi connectivity index (χ0v) is 13.9. The lowest BCUT2D eigenvalue weighted by Gasteiger charge is -2.22. The van der Waals surface area contributed by atoms with Crippen molar-refractivity contribution in [1.82, 2.24) is 0 Å². The van der Waals surface area contributed by atoms with Gasteiger partial charge in [-0.15, -0.1) is 0 Å². The summed E-state index contributed by atoms with van der Waals surface area (Å²) in [5.41, 5.74) is 0.358. The van der Waals surface area contributed by atoms with Gasteiger partial charge in [0, 0.05) is 0 Å². The Morgan fingerprint density at radius 1 is 1.13 bits per heavy atom. The second-order valence-electron chi connectivity index (χ2n) is 6.39. The molecule has 1 unspecified atom stereocenters. The van der Waals surface area contributed by atoms with Crippen molar-refractivity contribution in [2.45, 2.75) is 32.5 Å². The predicted octanol–water partition coefficient (Wildman–Crippen LogP) is 3.56. The van der Waals surface area contributed by atoms with Crippen LogP contribution in [0.1, 0.15) is 26.3 Å². The van der Waals surface area contributed by atoms with Gasteiger partial charge in [0.05, 0.1) is 7.11 Å². The number of methoxy groups -OCH3 is 1. The van der Waals surface area contributed by atoms with Crippen molar-refractivity contribution in [3.05, 3.63) is 48.5 Å². The van der Waals surface area contributed by atoms with Gasteiger partial charge in [-0.05, 0) is 60.9 Å². The molecule has 0 aliphatic heterocycles. The molecule has 0 fully saturated rings. The van der Waals surface area contributed by atoms with Gasteiger partial charge in [0.2, 0.25) is 0 Å². The summed E-state index contributed by atoms with van der Waals surface area (Å²) in [6.45, 7) is 9.10. The monoisotopic (exact) mass is 314 g/mol. The van der Waals surface area contributed by atoms with E-state index in [1.54, 1.807) is 27.9 Å². The van der Waals surface area contributed by atoms with Crippen LogP contribution in [0.2, 0.25) is 0 Å². The Kier molecular flexibility index (Phi) is 4.76. The predicted molar refractivity (Wildman–Crippen MR) is 91.4 cm³/mol. The fraction of sp³-hybridized carbons (Fsp3) is 0.316. The number of aliphatic hydroxyl groups excluding tert-OH is 1. The number of hydrogen-bond donors (Lipinski definition) is 1. The standard InChI is InChI=1S/C19H22O4/c1-12(17(20)18(21)23-19(2,3)4)13-6-7-15-11-16(22-5)9-8-14(15)10-13/h6-11,17,20H,1H2,2-5H3. The van der Waals surface area contributed by atoms with Crippen LogP contribution in [0.5, 0.6) is 5.75 Å². The number of hydrogen-bond acceptors (Lipinski definition) is 4. The molecule has 1 N–H and O–H groups in total. The molecule has 0 spiro atoms. The Hall–Kier alpha value is -2.33. The molecule has 0 saturated heterocycles. The third-order valence-electron chi connectivity index (χ3n) is 3.38. The zero-order chi connectivity index (χ0) is 17.2. The Morgan fingerprint density at radius 3 is 2.35 bits per heavy atom. The van der Waals surface area contributed by atoms with Gasteiger partial charge in [-0.25, -0.2) is 4.79 Å². The highest BCUT2D eigenvalue weighted by molar-refractivity contribution is 5.93.